The quantitative estimate of drug-likeness (QED) is 0.391. The number of hydrogen-bond donors (Lipinski definition) is 0. The van der Waals surface area contributed by atoms with Gasteiger partial charge in [0.1, 0.15) is 0 Å². The van der Waals surface area contributed by atoms with Crippen molar-refractivity contribution in [2.75, 3.05) is 0 Å². The van der Waals surface area contributed by atoms with Crippen molar-refractivity contribution in [3.8, 4) is 0 Å². The maximum absolute atomic E-state index is 3.56. The fraction of sp³-hybridized carbons (Fsp3) is 0.500. The Morgan fingerprint density at radius 1 is 1.08 bits per heavy atom. The molecule has 0 amide bonds. The van der Waals surface area contributed by atoms with Gasteiger partial charge in [-0.2, -0.15) is 0 Å². The van der Waals surface area contributed by atoms with Crippen molar-refractivity contribution in [2.45, 2.75) is 41.5 Å². The molecule has 0 saturated heterocycles. The van der Waals surface area contributed by atoms with Crippen LogP contribution in [0.2, 0.25) is 0 Å². The minimum atomic E-state index is 1.17. The van der Waals surface area contributed by atoms with Crippen LogP contribution in [-0.2, 0) is 0 Å². The van der Waals surface area contributed by atoms with E-state index in [9.17, 15) is 0 Å². The summed E-state index contributed by atoms with van der Waals surface area (Å²) in [4.78, 5) is 0. The molecule has 0 heteroatoms. The molecule has 0 nitrogen and oxygen atoms in total. The van der Waals surface area contributed by atoms with E-state index in [2.05, 4.69) is 13.2 Å². The van der Waals surface area contributed by atoms with E-state index in [1.54, 1.807) is 0 Å². The third kappa shape index (κ3) is 60.1. The van der Waals surface area contributed by atoms with Crippen LogP contribution in [0.1, 0.15) is 41.5 Å². The summed E-state index contributed by atoms with van der Waals surface area (Å²) in [6.07, 6.45) is 3.85. The second-order valence-corrected chi connectivity index (χ2v) is 2.44. The molecule has 0 heterocycles. The van der Waals surface area contributed by atoms with E-state index in [0.29, 0.717) is 0 Å². The van der Waals surface area contributed by atoms with Gasteiger partial charge in [0.25, 0.3) is 0 Å². The van der Waals surface area contributed by atoms with Crippen LogP contribution in [0.3, 0.4) is 0 Å². The summed E-state index contributed by atoms with van der Waals surface area (Å²) in [6, 6.07) is 0. The smallest absolute Gasteiger partial charge is 0.0401 e. The predicted octanol–water partition coefficient (Wildman–Crippen LogP) is 4.75. The van der Waals surface area contributed by atoms with Crippen LogP contribution in [0.4, 0.5) is 0 Å². The molecule has 12 heavy (non-hydrogen) atoms. The van der Waals surface area contributed by atoms with Gasteiger partial charge in [0.15, 0.2) is 0 Å². The molecule has 0 saturated carbocycles. The molecule has 0 aromatic heterocycles. The number of hydrogen-bond acceptors (Lipinski definition) is 0. The molecular formula is C12H24. The van der Waals surface area contributed by atoms with Crippen molar-refractivity contribution in [1.82, 2.24) is 0 Å². The van der Waals surface area contributed by atoms with Gasteiger partial charge in [-0.3, -0.25) is 0 Å². The van der Waals surface area contributed by atoms with Crippen molar-refractivity contribution in [2.24, 2.45) is 0 Å². The molecule has 0 atom stereocenters. The van der Waals surface area contributed by atoms with Crippen LogP contribution in [-0.4, -0.2) is 0 Å². The first-order valence-corrected chi connectivity index (χ1v) is 4.42. The highest BCUT2D eigenvalue weighted by Gasteiger charge is 1.66. The van der Waals surface area contributed by atoms with Gasteiger partial charge < -0.3 is 0 Å². The van der Waals surface area contributed by atoms with Crippen molar-refractivity contribution in [3.05, 3.63) is 36.5 Å². The highest BCUT2D eigenvalue weighted by molar-refractivity contribution is 5.10. The largest absolute Gasteiger partial charge is 0.100 e. The monoisotopic (exact) mass is 168 g/mol. The fourth-order valence-corrected chi connectivity index (χ4v) is 0.118. The van der Waals surface area contributed by atoms with Crippen molar-refractivity contribution in [3.63, 3.8) is 0 Å². The summed E-state index contributed by atoms with van der Waals surface area (Å²) in [5, 5.41) is 0. The summed E-state index contributed by atoms with van der Waals surface area (Å²) >= 11 is 0. The second kappa shape index (κ2) is 16.7. The Balaban J connectivity index is -0.000000118. The molecule has 0 rings (SSSR count). The molecule has 0 aromatic rings. The van der Waals surface area contributed by atoms with Gasteiger partial charge in [-0.25, -0.2) is 0 Å². The van der Waals surface area contributed by atoms with Crippen LogP contribution in [0.15, 0.2) is 36.5 Å². The zero-order valence-corrected chi connectivity index (χ0v) is 9.57. The van der Waals surface area contributed by atoms with E-state index in [1.807, 2.05) is 53.7 Å². The van der Waals surface area contributed by atoms with E-state index < -0.39 is 0 Å². The Morgan fingerprint density at radius 2 is 1.33 bits per heavy atom. The molecule has 0 bridgehead atoms. The van der Waals surface area contributed by atoms with E-state index >= 15 is 0 Å². The Labute approximate surface area is 78.7 Å². The molecule has 72 valence electrons. The van der Waals surface area contributed by atoms with Crippen molar-refractivity contribution in [1.29, 1.82) is 0 Å². The van der Waals surface area contributed by atoms with Crippen LogP contribution in [0, 0.1) is 0 Å². The molecule has 0 aliphatic heterocycles. The third-order valence-corrected chi connectivity index (χ3v) is 0.777. The highest BCUT2D eigenvalue weighted by atomic mass is 13.7. The first-order chi connectivity index (χ1) is 5.54. The van der Waals surface area contributed by atoms with Gasteiger partial charge in [-0.15, -0.1) is 6.58 Å². The lowest BCUT2D eigenvalue weighted by molar-refractivity contribution is 1.42. The highest BCUT2D eigenvalue weighted by Crippen LogP contribution is 1.88. The Hall–Kier alpha value is -0.780. The van der Waals surface area contributed by atoms with Gasteiger partial charge >= 0.3 is 0 Å². The Bertz CT molecular complexity index is 123. The topological polar surface area (TPSA) is 0 Å². The molecule has 0 unspecified atom stereocenters. The average Bonchev–Trinajstić information content (AvgIpc) is 2.06. The van der Waals surface area contributed by atoms with Gasteiger partial charge in [-0.05, 0) is 27.7 Å². The summed E-state index contributed by atoms with van der Waals surface area (Å²) in [6.45, 7) is 19.1. The lowest BCUT2D eigenvalue weighted by Crippen LogP contribution is -1.57. The minimum absolute atomic E-state index is 1.17. The van der Waals surface area contributed by atoms with Crippen molar-refractivity contribution >= 4 is 0 Å². The lowest BCUT2D eigenvalue weighted by Gasteiger charge is -1.78. The second-order valence-electron chi connectivity index (χ2n) is 2.44. The number of allylic oxidation sites excluding steroid dienone is 4. The first kappa shape index (κ1) is 17.3. The molecule has 0 aliphatic rings. The minimum Gasteiger partial charge on any atom is -0.100 e. The maximum atomic E-state index is 3.56. The van der Waals surface area contributed by atoms with E-state index in [4.69, 9.17) is 0 Å². The molecule has 0 spiro atoms. The summed E-state index contributed by atoms with van der Waals surface area (Å²) in [7, 11) is 0. The average molecular weight is 168 g/mol. The fourth-order valence-electron chi connectivity index (χ4n) is 0.118. The number of rotatable bonds is 1. The van der Waals surface area contributed by atoms with E-state index in [0.717, 1.165) is 0 Å². The SMILES string of the molecule is C=C(C)C.C=C/C(C)=C\C.CC. The van der Waals surface area contributed by atoms with Gasteiger partial charge in [0, 0.05) is 0 Å². The van der Waals surface area contributed by atoms with E-state index in [1.165, 1.54) is 11.1 Å². The zero-order valence-electron chi connectivity index (χ0n) is 9.57. The lowest BCUT2D eigenvalue weighted by atomic mass is 10.3. The van der Waals surface area contributed by atoms with Crippen LogP contribution < -0.4 is 0 Å². The Kier molecular flexibility index (Phi) is 24.1. The van der Waals surface area contributed by atoms with Crippen LogP contribution in [0.5, 0.6) is 0 Å². The van der Waals surface area contributed by atoms with Crippen molar-refractivity contribution < 1.29 is 0 Å². The normalized spacial score (nSPS) is 8.33. The molecular weight excluding hydrogens is 144 g/mol. The molecule has 0 radical (unpaired) electrons. The standard InChI is InChI=1S/C6H10.C4H8.C2H6/c1-4-6(3)5-2;1-4(2)3;1-2/h4-5H,1H2,2-3H3;1H2,2-3H3;1-2H3/b6-5-;;. The van der Waals surface area contributed by atoms with Gasteiger partial charge in [-0.1, -0.05) is 43.7 Å². The molecule has 0 N–H and O–H groups in total. The van der Waals surface area contributed by atoms with E-state index in [-0.39, 0.29) is 0 Å². The molecule has 0 aromatic carbocycles. The van der Waals surface area contributed by atoms with Gasteiger partial charge in [0.05, 0.1) is 0 Å². The predicted molar refractivity (Wildman–Crippen MR) is 61.5 cm³/mol. The van der Waals surface area contributed by atoms with Crippen LogP contribution >= 0.6 is 0 Å². The van der Waals surface area contributed by atoms with Crippen LogP contribution in [0.25, 0.3) is 0 Å². The summed E-state index contributed by atoms with van der Waals surface area (Å²) in [5.41, 5.74) is 2.40. The summed E-state index contributed by atoms with van der Waals surface area (Å²) < 4.78 is 0. The molecule has 0 aliphatic carbocycles. The van der Waals surface area contributed by atoms with Gasteiger partial charge in [0.2, 0.25) is 0 Å². The third-order valence-electron chi connectivity index (χ3n) is 0.777. The zero-order chi connectivity index (χ0) is 10.6. The maximum Gasteiger partial charge on any atom is -0.0401 e. The summed E-state index contributed by atoms with van der Waals surface area (Å²) in [5.74, 6) is 0. The molecule has 0 fully saturated rings. The first-order valence-electron chi connectivity index (χ1n) is 4.42. The Morgan fingerprint density at radius 3 is 1.33 bits per heavy atom.